The van der Waals surface area contributed by atoms with E-state index in [-0.39, 0.29) is 16.9 Å². The molecule has 186 valence electrons. The Morgan fingerprint density at radius 2 is 1.85 bits per heavy atom. The van der Waals surface area contributed by atoms with E-state index in [4.69, 9.17) is 24.6 Å². The van der Waals surface area contributed by atoms with Crippen molar-refractivity contribution in [3.63, 3.8) is 0 Å². The zero-order valence-electron chi connectivity index (χ0n) is 16.3. The molecule has 0 saturated carbocycles. The van der Waals surface area contributed by atoms with Gasteiger partial charge in [-0.3, -0.25) is 19.8 Å². The van der Waals surface area contributed by atoms with Crippen LogP contribution in [0.15, 0.2) is 18.6 Å². The van der Waals surface area contributed by atoms with E-state index < -0.39 is 54.1 Å². The standard InChI is InChI=1S/C12H19N4O14P3/c1-12(18)9(17)7(4-27-32(23,24)30-33(25,26)29-31(20,21)22)28-11(12)16-5-14-8-6(15-19)2-3-13-10(8)16/h2-3,5,7,9,11,17-19H,4H2,1H3,(H,13,15)(H,23,24)(H,25,26)(H2,20,21,22)/t7-,9-,11-,12-/m1/s1. The van der Waals surface area contributed by atoms with Crippen LogP contribution in [-0.4, -0.2) is 73.9 Å². The fourth-order valence-electron chi connectivity index (χ4n) is 3.04. The summed E-state index contributed by atoms with van der Waals surface area (Å²) in [5, 5.41) is 30.4. The normalized spacial score (nSPS) is 29.6. The van der Waals surface area contributed by atoms with Crippen LogP contribution in [-0.2, 0) is 31.6 Å². The molecule has 0 spiro atoms. The summed E-state index contributed by atoms with van der Waals surface area (Å²) in [6, 6.07) is 1.41. The Morgan fingerprint density at radius 3 is 2.45 bits per heavy atom. The molecule has 2 aromatic heterocycles. The largest absolute Gasteiger partial charge is 0.490 e. The summed E-state index contributed by atoms with van der Waals surface area (Å²) in [7, 11) is -16.8. The maximum absolute atomic E-state index is 11.9. The Balaban J connectivity index is 1.76. The van der Waals surface area contributed by atoms with Gasteiger partial charge in [0, 0.05) is 6.20 Å². The Kier molecular flexibility index (Phi) is 7.19. The minimum Gasteiger partial charge on any atom is -0.387 e. The Hall–Kier alpha value is -1.33. The first-order valence-corrected chi connectivity index (χ1v) is 13.1. The molecule has 3 rings (SSSR count). The van der Waals surface area contributed by atoms with E-state index in [1.165, 1.54) is 30.1 Å². The van der Waals surface area contributed by atoms with Crippen molar-refractivity contribution in [3.8, 4) is 0 Å². The van der Waals surface area contributed by atoms with Crippen molar-refractivity contribution < 1.29 is 66.6 Å². The molecule has 0 bridgehead atoms. The van der Waals surface area contributed by atoms with E-state index >= 15 is 0 Å². The Labute approximate surface area is 183 Å². The van der Waals surface area contributed by atoms with Gasteiger partial charge in [-0.1, -0.05) is 0 Å². The van der Waals surface area contributed by atoms with Gasteiger partial charge in [-0.2, -0.15) is 8.62 Å². The molecule has 1 aliphatic rings. The lowest BCUT2D eigenvalue weighted by Gasteiger charge is -2.27. The molecule has 2 unspecified atom stereocenters. The molecule has 1 fully saturated rings. The molecule has 2 aromatic rings. The van der Waals surface area contributed by atoms with Gasteiger partial charge in [0.2, 0.25) is 0 Å². The van der Waals surface area contributed by atoms with Crippen LogP contribution < -0.4 is 5.48 Å². The maximum atomic E-state index is 11.9. The molecule has 0 radical (unpaired) electrons. The van der Waals surface area contributed by atoms with Crippen LogP contribution in [0, 0.1) is 0 Å². The lowest BCUT2D eigenvalue weighted by atomic mass is 9.96. The number of nitrogens with zero attached hydrogens (tertiary/aromatic N) is 3. The van der Waals surface area contributed by atoms with Crippen molar-refractivity contribution in [2.75, 3.05) is 12.1 Å². The number of aromatic nitrogens is 3. The lowest BCUT2D eigenvalue weighted by molar-refractivity contribution is -0.0949. The van der Waals surface area contributed by atoms with Crippen molar-refractivity contribution in [1.82, 2.24) is 14.5 Å². The van der Waals surface area contributed by atoms with Gasteiger partial charge in [0.1, 0.15) is 23.3 Å². The van der Waals surface area contributed by atoms with Gasteiger partial charge >= 0.3 is 23.5 Å². The van der Waals surface area contributed by atoms with Crippen LogP contribution in [0.5, 0.6) is 0 Å². The third-order valence-electron chi connectivity index (χ3n) is 4.41. The first-order chi connectivity index (χ1) is 15.1. The van der Waals surface area contributed by atoms with Crippen LogP contribution in [0.4, 0.5) is 5.69 Å². The van der Waals surface area contributed by atoms with Crippen LogP contribution in [0.2, 0.25) is 0 Å². The fourth-order valence-corrected chi connectivity index (χ4v) is 6.07. The number of fused-ring (bicyclic) bond motifs is 1. The summed E-state index contributed by atoms with van der Waals surface area (Å²) in [4.78, 5) is 43.9. The summed E-state index contributed by atoms with van der Waals surface area (Å²) in [5.41, 5.74) is 0.371. The van der Waals surface area contributed by atoms with E-state index in [0.717, 1.165) is 0 Å². The van der Waals surface area contributed by atoms with Crippen LogP contribution in [0.1, 0.15) is 13.2 Å². The van der Waals surface area contributed by atoms with Gasteiger partial charge in [0.05, 0.1) is 18.6 Å². The Morgan fingerprint density at radius 1 is 1.18 bits per heavy atom. The molecule has 21 heteroatoms. The first kappa shape index (κ1) is 26.3. The molecule has 18 nitrogen and oxygen atoms in total. The summed E-state index contributed by atoms with van der Waals surface area (Å²) in [6.45, 7) is 0.189. The van der Waals surface area contributed by atoms with Crippen molar-refractivity contribution in [1.29, 1.82) is 0 Å². The minimum atomic E-state index is -5.73. The second-order valence-electron chi connectivity index (χ2n) is 6.88. The predicted octanol–water partition coefficient (Wildman–Crippen LogP) is -0.415. The van der Waals surface area contributed by atoms with E-state index in [1.807, 2.05) is 5.48 Å². The summed E-state index contributed by atoms with van der Waals surface area (Å²) >= 11 is 0. The van der Waals surface area contributed by atoms with Crippen molar-refractivity contribution in [2.45, 2.75) is 31.0 Å². The molecule has 0 aromatic carbocycles. The quantitative estimate of drug-likeness (QED) is 0.149. The molecular weight excluding hydrogens is 517 g/mol. The van der Waals surface area contributed by atoms with Gasteiger partial charge in [0.25, 0.3) is 0 Å². The average molecular weight is 536 g/mol. The molecule has 0 amide bonds. The predicted molar refractivity (Wildman–Crippen MR) is 103 cm³/mol. The van der Waals surface area contributed by atoms with Gasteiger partial charge in [-0.15, -0.1) is 0 Å². The number of phosphoric ester groups is 1. The molecule has 3 heterocycles. The highest BCUT2D eigenvalue weighted by Gasteiger charge is 2.54. The van der Waals surface area contributed by atoms with Crippen LogP contribution >= 0.6 is 23.5 Å². The number of rotatable bonds is 9. The second kappa shape index (κ2) is 9.03. The number of phosphoric acid groups is 3. The van der Waals surface area contributed by atoms with Gasteiger partial charge in [-0.25, -0.2) is 23.7 Å². The number of imidazole rings is 1. The highest BCUT2D eigenvalue weighted by atomic mass is 31.3. The Bertz CT molecular complexity index is 1170. The summed E-state index contributed by atoms with van der Waals surface area (Å²) in [5.74, 6) is 0. The van der Waals surface area contributed by atoms with E-state index in [2.05, 4.69) is 23.1 Å². The first-order valence-electron chi connectivity index (χ1n) is 8.62. The number of ether oxygens (including phenoxy) is 1. The maximum Gasteiger partial charge on any atom is 0.490 e. The van der Waals surface area contributed by atoms with E-state index in [9.17, 15) is 28.8 Å². The average Bonchev–Trinajstić information content (AvgIpc) is 3.16. The zero-order valence-corrected chi connectivity index (χ0v) is 19.0. The lowest BCUT2D eigenvalue weighted by Crippen LogP contribution is -2.44. The number of aliphatic hydroxyl groups excluding tert-OH is 1. The van der Waals surface area contributed by atoms with Crippen molar-refractivity contribution in [2.24, 2.45) is 0 Å². The molecule has 1 saturated heterocycles. The van der Waals surface area contributed by atoms with Crippen LogP contribution in [0.25, 0.3) is 11.2 Å². The number of hydrogen-bond donors (Lipinski definition) is 8. The smallest absolute Gasteiger partial charge is 0.387 e. The summed E-state index contributed by atoms with van der Waals surface area (Å²) in [6.07, 6.45) is -2.12. The van der Waals surface area contributed by atoms with Crippen LogP contribution in [0.3, 0.4) is 0 Å². The fraction of sp³-hybridized carbons (Fsp3) is 0.500. The monoisotopic (exact) mass is 536 g/mol. The molecule has 6 atom stereocenters. The van der Waals surface area contributed by atoms with Crippen molar-refractivity contribution in [3.05, 3.63) is 18.6 Å². The molecule has 1 aliphatic heterocycles. The number of anilines is 1. The number of hydrogen-bond acceptors (Lipinski definition) is 13. The van der Waals surface area contributed by atoms with Gasteiger partial charge in [-0.05, 0) is 13.0 Å². The zero-order chi connectivity index (χ0) is 24.8. The highest BCUT2D eigenvalue weighted by molar-refractivity contribution is 7.66. The summed E-state index contributed by atoms with van der Waals surface area (Å²) < 4.78 is 52.3. The SMILES string of the molecule is C[C@@]1(O)[C@H](O)[C@@H](COP(=O)(O)OP(=O)(O)OP(=O)(O)O)O[C@H]1n1cnc2c(NO)ccnc21. The molecule has 33 heavy (non-hydrogen) atoms. The third-order valence-corrected chi connectivity index (χ3v) is 8.21. The highest BCUT2D eigenvalue weighted by Crippen LogP contribution is 2.66. The van der Waals surface area contributed by atoms with E-state index in [0.29, 0.717) is 0 Å². The topological polar surface area (TPSA) is 272 Å². The number of nitrogens with one attached hydrogen (secondary N) is 1. The third kappa shape index (κ3) is 5.85. The van der Waals surface area contributed by atoms with E-state index in [1.54, 1.807) is 0 Å². The van der Waals surface area contributed by atoms with Gasteiger partial charge < -0.3 is 34.5 Å². The minimum absolute atomic E-state index is 0.125. The van der Waals surface area contributed by atoms with Gasteiger partial charge in [0.15, 0.2) is 11.9 Å². The second-order valence-corrected chi connectivity index (χ2v) is 11.3. The number of aliphatic hydroxyl groups is 2. The molecular formula is C12H19N4O14P3. The van der Waals surface area contributed by atoms with Crippen molar-refractivity contribution >= 4 is 40.3 Å². The molecule has 8 N–H and O–H groups in total. The number of pyridine rings is 1. The molecule has 0 aliphatic carbocycles.